The number of aliphatic hydroxyl groups is 1. The number of hydrogen-bond donors (Lipinski definition) is 1. The predicted molar refractivity (Wildman–Crippen MR) is 89.8 cm³/mol. The first-order valence-corrected chi connectivity index (χ1v) is 7.90. The molecule has 0 amide bonds. The molecule has 21 heavy (non-hydrogen) atoms. The number of nitrogens with zero attached hydrogens (tertiary/aromatic N) is 3. The molecule has 114 valence electrons. The topological polar surface area (TPSA) is 41.3 Å². The third kappa shape index (κ3) is 3.47. The van der Waals surface area contributed by atoms with Crippen LogP contribution in [0.1, 0.15) is 30.0 Å². The summed E-state index contributed by atoms with van der Waals surface area (Å²) in [6.07, 6.45) is 0.0234. The molecule has 1 aromatic carbocycles. The van der Waals surface area contributed by atoms with E-state index in [4.69, 9.17) is 0 Å². The molecule has 1 unspecified atom stereocenters. The predicted octanol–water partition coefficient (Wildman–Crippen LogP) is 3.32. The standard InChI is InChI=1S/C16H22BrN3O/c1-5-20-14(16(17)11(2)18-20)10-15(21)12-6-8-13(9-7-12)19(3)4/h6-9,15,21H,5,10H2,1-4H3. The number of hydrogen-bond acceptors (Lipinski definition) is 3. The Bertz CT molecular complexity index is 605. The van der Waals surface area contributed by atoms with Crippen LogP contribution in [0.25, 0.3) is 0 Å². The van der Waals surface area contributed by atoms with Crippen LogP contribution in [0, 0.1) is 6.92 Å². The van der Waals surface area contributed by atoms with Gasteiger partial charge in [0.15, 0.2) is 0 Å². The zero-order chi connectivity index (χ0) is 15.6. The van der Waals surface area contributed by atoms with Gasteiger partial charge < -0.3 is 10.0 Å². The number of anilines is 1. The fraction of sp³-hybridized carbons (Fsp3) is 0.438. The molecule has 0 aliphatic rings. The van der Waals surface area contributed by atoms with Crippen LogP contribution in [0.4, 0.5) is 5.69 Å². The van der Waals surface area contributed by atoms with Crippen molar-refractivity contribution in [3.63, 3.8) is 0 Å². The van der Waals surface area contributed by atoms with Crippen molar-refractivity contribution >= 4 is 21.6 Å². The lowest BCUT2D eigenvalue weighted by atomic mass is 10.0. The average molecular weight is 352 g/mol. The van der Waals surface area contributed by atoms with Gasteiger partial charge >= 0.3 is 0 Å². The second-order valence-electron chi connectivity index (χ2n) is 5.37. The summed E-state index contributed by atoms with van der Waals surface area (Å²) in [5.41, 5.74) is 4.05. The summed E-state index contributed by atoms with van der Waals surface area (Å²) in [6.45, 7) is 4.83. The summed E-state index contributed by atoms with van der Waals surface area (Å²) in [7, 11) is 4.01. The summed E-state index contributed by atoms with van der Waals surface area (Å²) in [6, 6.07) is 8.01. The third-order valence-electron chi connectivity index (χ3n) is 3.63. The van der Waals surface area contributed by atoms with Crippen molar-refractivity contribution < 1.29 is 5.11 Å². The minimum absolute atomic E-state index is 0.529. The van der Waals surface area contributed by atoms with Crippen molar-refractivity contribution in [2.24, 2.45) is 0 Å². The van der Waals surface area contributed by atoms with E-state index in [9.17, 15) is 5.11 Å². The van der Waals surface area contributed by atoms with Crippen LogP contribution in [-0.2, 0) is 13.0 Å². The molecular formula is C16H22BrN3O. The van der Waals surface area contributed by atoms with E-state index in [1.54, 1.807) is 0 Å². The third-order valence-corrected chi connectivity index (χ3v) is 4.67. The highest BCUT2D eigenvalue weighted by molar-refractivity contribution is 9.10. The monoisotopic (exact) mass is 351 g/mol. The fourth-order valence-corrected chi connectivity index (χ4v) is 2.81. The summed E-state index contributed by atoms with van der Waals surface area (Å²) >= 11 is 3.57. The molecular weight excluding hydrogens is 330 g/mol. The van der Waals surface area contributed by atoms with E-state index < -0.39 is 6.10 Å². The maximum Gasteiger partial charge on any atom is 0.0845 e. The minimum atomic E-state index is -0.529. The summed E-state index contributed by atoms with van der Waals surface area (Å²) in [4.78, 5) is 2.04. The molecule has 5 heteroatoms. The van der Waals surface area contributed by atoms with Gasteiger partial charge in [-0.2, -0.15) is 5.10 Å². The highest BCUT2D eigenvalue weighted by Crippen LogP contribution is 2.27. The van der Waals surface area contributed by atoms with Crippen molar-refractivity contribution in [3.05, 3.63) is 45.7 Å². The number of halogens is 1. The van der Waals surface area contributed by atoms with Gasteiger partial charge in [-0.3, -0.25) is 4.68 Å². The molecule has 0 bridgehead atoms. The Morgan fingerprint density at radius 1 is 1.29 bits per heavy atom. The molecule has 1 heterocycles. The lowest BCUT2D eigenvalue weighted by Crippen LogP contribution is -2.10. The summed E-state index contributed by atoms with van der Waals surface area (Å²) in [5.74, 6) is 0. The Balaban J connectivity index is 2.19. The van der Waals surface area contributed by atoms with E-state index in [1.165, 1.54) is 0 Å². The second-order valence-corrected chi connectivity index (χ2v) is 6.16. The zero-order valence-corrected chi connectivity index (χ0v) is 14.6. The van der Waals surface area contributed by atoms with Crippen LogP contribution in [0.3, 0.4) is 0 Å². The summed E-state index contributed by atoms with van der Waals surface area (Å²) in [5, 5.41) is 14.9. The first kappa shape index (κ1) is 16.0. The zero-order valence-electron chi connectivity index (χ0n) is 13.0. The Morgan fingerprint density at radius 2 is 1.90 bits per heavy atom. The molecule has 0 saturated heterocycles. The molecule has 0 radical (unpaired) electrons. The smallest absolute Gasteiger partial charge is 0.0845 e. The van der Waals surface area contributed by atoms with E-state index in [0.717, 1.165) is 33.7 Å². The van der Waals surface area contributed by atoms with Gasteiger partial charge in [0.25, 0.3) is 0 Å². The Hall–Kier alpha value is -1.33. The normalized spacial score (nSPS) is 12.5. The van der Waals surface area contributed by atoms with Crippen molar-refractivity contribution in [2.45, 2.75) is 32.9 Å². The Morgan fingerprint density at radius 3 is 2.43 bits per heavy atom. The molecule has 1 N–H and O–H groups in total. The Kier molecular flexibility index (Phi) is 5.06. The van der Waals surface area contributed by atoms with E-state index in [-0.39, 0.29) is 0 Å². The van der Waals surface area contributed by atoms with Gasteiger partial charge in [0.1, 0.15) is 0 Å². The van der Waals surface area contributed by atoms with Crippen LogP contribution in [-0.4, -0.2) is 29.0 Å². The van der Waals surface area contributed by atoms with Crippen molar-refractivity contribution in [1.82, 2.24) is 9.78 Å². The second kappa shape index (κ2) is 6.62. The lowest BCUT2D eigenvalue weighted by molar-refractivity contribution is 0.175. The number of aryl methyl sites for hydroxylation is 2. The molecule has 2 rings (SSSR count). The van der Waals surface area contributed by atoms with Crippen molar-refractivity contribution in [1.29, 1.82) is 0 Å². The fourth-order valence-electron chi connectivity index (χ4n) is 2.36. The number of aliphatic hydroxyl groups excluding tert-OH is 1. The molecule has 2 aromatic rings. The number of rotatable bonds is 5. The van der Waals surface area contributed by atoms with Gasteiger partial charge in [0.05, 0.1) is 22.0 Å². The van der Waals surface area contributed by atoms with Gasteiger partial charge in [0.2, 0.25) is 0 Å². The van der Waals surface area contributed by atoms with Crippen LogP contribution in [0.2, 0.25) is 0 Å². The van der Waals surface area contributed by atoms with Gasteiger partial charge in [-0.15, -0.1) is 0 Å². The highest BCUT2D eigenvalue weighted by atomic mass is 79.9. The molecule has 0 aliphatic heterocycles. The molecule has 1 aromatic heterocycles. The lowest BCUT2D eigenvalue weighted by Gasteiger charge is -2.16. The molecule has 4 nitrogen and oxygen atoms in total. The van der Waals surface area contributed by atoms with Crippen molar-refractivity contribution in [3.8, 4) is 0 Å². The summed E-state index contributed by atoms with van der Waals surface area (Å²) < 4.78 is 2.94. The first-order chi connectivity index (χ1) is 9.93. The Labute approximate surface area is 134 Å². The maximum absolute atomic E-state index is 10.5. The molecule has 0 saturated carbocycles. The minimum Gasteiger partial charge on any atom is -0.388 e. The van der Waals surface area contributed by atoms with Crippen LogP contribution in [0.15, 0.2) is 28.7 Å². The van der Waals surface area contributed by atoms with E-state index >= 15 is 0 Å². The van der Waals surface area contributed by atoms with Crippen LogP contribution in [0.5, 0.6) is 0 Å². The molecule has 0 aliphatic carbocycles. The first-order valence-electron chi connectivity index (χ1n) is 7.11. The van der Waals surface area contributed by atoms with E-state index in [2.05, 4.69) is 28.0 Å². The van der Waals surface area contributed by atoms with Crippen LogP contribution < -0.4 is 4.90 Å². The number of aromatic nitrogens is 2. The molecule has 0 fully saturated rings. The average Bonchev–Trinajstić information content (AvgIpc) is 2.75. The molecule has 1 atom stereocenters. The molecule has 0 spiro atoms. The highest BCUT2D eigenvalue weighted by Gasteiger charge is 2.17. The quantitative estimate of drug-likeness (QED) is 0.898. The largest absolute Gasteiger partial charge is 0.388 e. The van der Waals surface area contributed by atoms with Gasteiger partial charge in [0, 0.05) is 32.7 Å². The van der Waals surface area contributed by atoms with Gasteiger partial charge in [-0.05, 0) is 47.5 Å². The van der Waals surface area contributed by atoms with Gasteiger partial charge in [-0.25, -0.2) is 0 Å². The van der Waals surface area contributed by atoms with E-state index in [1.807, 2.05) is 54.9 Å². The number of benzene rings is 1. The van der Waals surface area contributed by atoms with Crippen LogP contribution >= 0.6 is 15.9 Å². The SMILES string of the molecule is CCn1nc(C)c(Br)c1CC(O)c1ccc(N(C)C)cc1. The van der Waals surface area contributed by atoms with E-state index in [0.29, 0.717) is 6.42 Å². The maximum atomic E-state index is 10.5. The van der Waals surface area contributed by atoms with Crippen molar-refractivity contribution in [2.75, 3.05) is 19.0 Å². The van der Waals surface area contributed by atoms with Gasteiger partial charge in [-0.1, -0.05) is 12.1 Å².